The lowest BCUT2D eigenvalue weighted by molar-refractivity contribution is 0.488. The Balaban J connectivity index is 2.20. The highest BCUT2D eigenvalue weighted by atomic mass is 32.1. The lowest BCUT2D eigenvalue weighted by Gasteiger charge is -2.11. The minimum atomic E-state index is -0.867. The maximum atomic E-state index is 13.5. The standard InChI is InChI=1S/C12H12F2N2S/c1-7-6-17-11(16-7)5-10(15)8-3-2-4-9(13)12(8)14/h2-4,6,10H,5,15H2,1H3. The van der Waals surface area contributed by atoms with Crippen LogP contribution < -0.4 is 5.73 Å². The third kappa shape index (κ3) is 2.68. The molecule has 0 fully saturated rings. The van der Waals surface area contributed by atoms with Crippen molar-refractivity contribution in [2.24, 2.45) is 5.73 Å². The maximum absolute atomic E-state index is 13.5. The topological polar surface area (TPSA) is 38.9 Å². The fraction of sp³-hybridized carbons (Fsp3) is 0.250. The Kier molecular flexibility index (Phi) is 3.49. The summed E-state index contributed by atoms with van der Waals surface area (Å²) in [5, 5.41) is 2.74. The summed E-state index contributed by atoms with van der Waals surface area (Å²) in [6.07, 6.45) is 0.416. The maximum Gasteiger partial charge on any atom is 0.163 e. The number of benzene rings is 1. The van der Waals surface area contributed by atoms with Crippen LogP contribution in [0.3, 0.4) is 0 Å². The van der Waals surface area contributed by atoms with Gasteiger partial charge in [0.25, 0.3) is 0 Å². The van der Waals surface area contributed by atoms with Gasteiger partial charge in [-0.15, -0.1) is 11.3 Å². The highest BCUT2D eigenvalue weighted by molar-refractivity contribution is 7.09. The quantitative estimate of drug-likeness (QED) is 0.914. The van der Waals surface area contributed by atoms with Crippen molar-refractivity contribution >= 4 is 11.3 Å². The predicted octanol–water partition coefficient (Wildman–Crippen LogP) is 2.97. The van der Waals surface area contributed by atoms with Crippen LogP contribution >= 0.6 is 11.3 Å². The molecule has 0 amide bonds. The molecule has 2 aromatic rings. The molecule has 0 saturated carbocycles. The summed E-state index contributed by atoms with van der Waals surface area (Å²) in [6.45, 7) is 1.88. The van der Waals surface area contributed by atoms with Crippen LogP contribution in [0.25, 0.3) is 0 Å². The Morgan fingerprint density at radius 3 is 2.82 bits per heavy atom. The summed E-state index contributed by atoms with van der Waals surface area (Å²) in [5.74, 6) is -1.73. The van der Waals surface area contributed by atoms with Crippen molar-refractivity contribution in [1.82, 2.24) is 4.98 Å². The number of rotatable bonds is 3. The third-order valence-corrected chi connectivity index (χ3v) is 3.43. The largest absolute Gasteiger partial charge is 0.324 e. The molecule has 1 aromatic carbocycles. The molecule has 0 aliphatic heterocycles. The molecule has 1 heterocycles. The van der Waals surface area contributed by atoms with Gasteiger partial charge in [-0.3, -0.25) is 0 Å². The first kappa shape index (κ1) is 12.1. The van der Waals surface area contributed by atoms with Gasteiger partial charge < -0.3 is 5.73 Å². The van der Waals surface area contributed by atoms with Crippen molar-refractivity contribution in [1.29, 1.82) is 0 Å². The van der Waals surface area contributed by atoms with Crippen LogP contribution in [0.4, 0.5) is 8.78 Å². The van der Waals surface area contributed by atoms with Gasteiger partial charge in [0.05, 0.1) is 5.01 Å². The fourth-order valence-electron chi connectivity index (χ4n) is 1.60. The van der Waals surface area contributed by atoms with Crippen molar-refractivity contribution in [3.05, 3.63) is 51.5 Å². The Bertz CT molecular complexity index is 525. The molecule has 0 aliphatic carbocycles. The lowest BCUT2D eigenvalue weighted by Crippen LogP contribution is -2.15. The van der Waals surface area contributed by atoms with Crippen LogP contribution in [0.5, 0.6) is 0 Å². The van der Waals surface area contributed by atoms with Crippen LogP contribution in [0.1, 0.15) is 22.3 Å². The number of halogens is 2. The molecule has 0 bridgehead atoms. The Labute approximate surface area is 102 Å². The minimum absolute atomic E-state index is 0.192. The van der Waals surface area contributed by atoms with Gasteiger partial charge in [-0.1, -0.05) is 12.1 Å². The molecule has 0 aliphatic rings. The van der Waals surface area contributed by atoms with Gasteiger partial charge in [-0.25, -0.2) is 13.8 Å². The Hall–Kier alpha value is -1.33. The van der Waals surface area contributed by atoms with Crippen LogP contribution in [-0.4, -0.2) is 4.98 Å². The molecule has 1 unspecified atom stereocenters. The zero-order valence-electron chi connectivity index (χ0n) is 9.28. The highest BCUT2D eigenvalue weighted by Gasteiger charge is 2.16. The molecule has 0 radical (unpaired) electrons. The molecule has 90 valence electrons. The molecule has 2 rings (SSSR count). The van der Waals surface area contributed by atoms with Gasteiger partial charge in [0.15, 0.2) is 11.6 Å². The van der Waals surface area contributed by atoms with Gasteiger partial charge in [0, 0.05) is 29.1 Å². The second-order valence-electron chi connectivity index (χ2n) is 3.84. The normalized spacial score (nSPS) is 12.7. The molecule has 5 heteroatoms. The summed E-state index contributed by atoms with van der Waals surface area (Å²) in [5.41, 5.74) is 6.97. The number of nitrogens with two attached hydrogens (primary N) is 1. The van der Waals surface area contributed by atoms with Gasteiger partial charge >= 0.3 is 0 Å². The molecule has 0 spiro atoms. The number of aromatic nitrogens is 1. The smallest absolute Gasteiger partial charge is 0.163 e. The Morgan fingerprint density at radius 2 is 2.18 bits per heavy atom. The van der Waals surface area contributed by atoms with E-state index >= 15 is 0 Å². The van der Waals surface area contributed by atoms with Gasteiger partial charge in [0.2, 0.25) is 0 Å². The van der Waals surface area contributed by atoms with E-state index in [1.54, 1.807) is 0 Å². The summed E-state index contributed by atoms with van der Waals surface area (Å²) >= 11 is 1.48. The van der Waals surface area contributed by atoms with Crippen molar-refractivity contribution < 1.29 is 8.78 Å². The van der Waals surface area contributed by atoms with E-state index in [0.717, 1.165) is 16.8 Å². The van der Waals surface area contributed by atoms with E-state index in [9.17, 15) is 8.78 Å². The number of hydrogen-bond acceptors (Lipinski definition) is 3. The lowest BCUT2D eigenvalue weighted by atomic mass is 10.0. The van der Waals surface area contributed by atoms with E-state index in [-0.39, 0.29) is 5.56 Å². The second kappa shape index (κ2) is 4.89. The van der Waals surface area contributed by atoms with Gasteiger partial charge in [-0.2, -0.15) is 0 Å². The van der Waals surface area contributed by atoms with Crippen molar-refractivity contribution in [3.63, 3.8) is 0 Å². The molecule has 1 aromatic heterocycles. The first-order chi connectivity index (χ1) is 8.08. The number of thiazole rings is 1. The summed E-state index contributed by atoms with van der Waals surface area (Å²) in [7, 11) is 0. The number of aryl methyl sites for hydroxylation is 1. The second-order valence-corrected chi connectivity index (χ2v) is 4.78. The molecule has 17 heavy (non-hydrogen) atoms. The monoisotopic (exact) mass is 254 g/mol. The van der Waals surface area contributed by atoms with Crippen molar-refractivity contribution in [3.8, 4) is 0 Å². The average molecular weight is 254 g/mol. The van der Waals surface area contributed by atoms with Crippen LogP contribution in [0.2, 0.25) is 0 Å². The van der Waals surface area contributed by atoms with E-state index in [1.165, 1.54) is 23.5 Å². The van der Waals surface area contributed by atoms with Crippen molar-refractivity contribution in [2.75, 3.05) is 0 Å². The van der Waals surface area contributed by atoms with E-state index in [4.69, 9.17) is 5.73 Å². The zero-order valence-corrected chi connectivity index (χ0v) is 10.1. The number of nitrogens with zero attached hydrogens (tertiary/aromatic N) is 1. The SMILES string of the molecule is Cc1csc(CC(N)c2cccc(F)c2F)n1. The number of hydrogen-bond donors (Lipinski definition) is 1. The van der Waals surface area contributed by atoms with Crippen molar-refractivity contribution in [2.45, 2.75) is 19.4 Å². The van der Waals surface area contributed by atoms with E-state index in [0.29, 0.717) is 6.42 Å². The molecule has 0 saturated heterocycles. The van der Waals surface area contributed by atoms with Crippen LogP contribution in [0.15, 0.2) is 23.6 Å². The van der Waals surface area contributed by atoms with E-state index in [2.05, 4.69) is 4.98 Å². The molecule has 2 N–H and O–H groups in total. The first-order valence-electron chi connectivity index (χ1n) is 5.18. The predicted molar refractivity (Wildman–Crippen MR) is 63.8 cm³/mol. The summed E-state index contributed by atoms with van der Waals surface area (Å²) < 4.78 is 26.5. The summed E-state index contributed by atoms with van der Waals surface area (Å²) in [4.78, 5) is 4.25. The average Bonchev–Trinajstić information content (AvgIpc) is 2.68. The minimum Gasteiger partial charge on any atom is -0.324 e. The molecular weight excluding hydrogens is 242 g/mol. The summed E-state index contributed by atoms with van der Waals surface area (Å²) in [6, 6.07) is 3.47. The molecular formula is C12H12F2N2S. The van der Waals surface area contributed by atoms with E-state index in [1.807, 2.05) is 12.3 Å². The fourth-order valence-corrected chi connectivity index (χ4v) is 2.43. The molecule has 1 atom stereocenters. The highest BCUT2D eigenvalue weighted by Crippen LogP contribution is 2.22. The van der Waals surface area contributed by atoms with E-state index < -0.39 is 17.7 Å². The van der Waals surface area contributed by atoms with Crippen LogP contribution in [-0.2, 0) is 6.42 Å². The first-order valence-corrected chi connectivity index (χ1v) is 6.06. The zero-order chi connectivity index (χ0) is 12.4. The molecule has 2 nitrogen and oxygen atoms in total. The Morgan fingerprint density at radius 1 is 1.41 bits per heavy atom. The van der Waals surface area contributed by atoms with Gasteiger partial charge in [-0.05, 0) is 13.0 Å². The third-order valence-electron chi connectivity index (χ3n) is 2.44. The van der Waals surface area contributed by atoms with Gasteiger partial charge in [0.1, 0.15) is 0 Å². The van der Waals surface area contributed by atoms with Crippen LogP contribution in [0, 0.1) is 18.6 Å².